The number of rotatable bonds is 7. The van der Waals surface area contributed by atoms with Gasteiger partial charge in [0.05, 0.1) is 24.9 Å². The number of thiazole rings is 1. The molecule has 24 heavy (non-hydrogen) atoms. The highest BCUT2D eigenvalue weighted by Crippen LogP contribution is 2.16. The van der Waals surface area contributed by atoms with Gasteiger partial charge in [-0.2, -0.15) is 4.68 Å². The molecule has 0 N–H and O–H groups in total. The third-order valence-electron chi connectivity index (χ3n) is 3.04. The Kier molecular flexibility index (Phi) is 5.17. The van der Waals surface area contributed by atoms with Crippen LogP contribution in [0, 0.1) is 0 Å². The number of para-hydroxylation sites is 1. The molecule has 8 heteroatoms. The minimum absolute atomic E-state index is 0.156. The van der Waals surface area contributed by atoms with Crippen molar-refractivity contribution in [2.24, 2.45) is 0 Å². The quantitative estimate of drug-likeness (QED) is 0.613. The third-order valence-corrected chi connectivity index (χ3v) is 3.92. The van der Waals surface area contributed by atoms with Crippen LogP contribution in [0.25, 0.3) is 5.13 Å². The zero-order valence-electron chi connectivity index (χ0n) is 13.1. The molecule has 3 aromatic rings. The summed E-state index contributed by atoms with van der Waals surface area (Å²) in [6.07, 6.45) is 1.92. The zero-order chi connectivity index (χ0) is 16.8. The molecule has 0 fully saturated rings. The fourth-order valence-corrected chi connectivity index (χ4v) is 2.72. The highest BCUT2D eigenvalue weighted by molar-refractivity contribution is 7.12. The number of carbonyl (C=O) groups is 1. The molecule has 0 aliphatic rings. The van der Waals surface area contributed by atoms with Gasteiger partial charge in [0.1, 0.15) is 18.1 Å². The number of hydrogen-bond donors (Lipinski definition) is 0. The van der Waals surface area contributed by atoms with Gasteiger partial charge in [-0.1, -0.05) is 23.4 Å². The Morgan fingerprint density at radius 3 is 2.88 bits per heavy atom. The van der Waals surface area contributed by atoms with E-state index in [2.05, 4.69) is 15.3 Å². The number of esters is 1. The first-order valence-corrected chi connectivity index (χ1v) is 8.32. The number of hydrogen-bond acceptors (Lipinski definition) is 7. The lowest BCUT2D eigenvalue weighted by Gasteiger charge is -2.02. The van der Waals surface area contributed by atoms with E-state index in [1.807, 2.05) is 35.7 Å². The van der Waals surface area contributed by atoms with Gasteiger partial charge < -0.3 is 9.47 Å². The number of aromatic nitrogens is 4. The standard InChI is InChI=1S/C16H16N4O3S/c1-2-22-15(21)8-12-11-24-16(17-12)20-9-13(18-19-20)10-23-14-6-4-3-5-7-14/h3-7,9,11H,2,8,10H2,1H3. The van der Waals surface area contributed by atoms with Crippen molar-refractivity contribution in [3.05, 3.63) is 53.3 Å². The minimum atomic E-state index is -0.287. The van der Waals surface area contributed by atoms with Crippen LogP contribution in [0.2, 0.25) is 0 Å². The smallest absolute Gasteiger partial charge is 0.311 e. The van der Waals surface area contributed by atoms with E-state index >= 15 is 0 Å². The summed E-state index contributed by atoms with van der Waals surface area (Å²) in [6, 6.07) is 9.51. The maximum Gasteiger partial charge on any atom is 0.311 e. The van der Waals surface area contributed by atoms with Crippen LogP contribution in [0.4, 0.5) is 0 Å². The van der Waals surface area contributed by atoms with Gasteiger partial charge >= 0.3 is 5.97 Å². The van der Waals surface area contributed by atoms with E-state index in [1.165, 1.54) is 11.3 Å². The lowest BCUT2D eigenvalue weighted by atomic mass is 10.3. The van der Waals surface area contributed by atoms with Crippen LogP contribution in [0.5, 0.6) is 5.75 Å². The molecule has 0 amide bonds. The summed E-state index contributed by atoms with van der Waals surface area (Å²) in [5, 5.41) is 10.6. The van der Waals surface area contributed by atoms with Gasteiger partial charge in [-0.3, -0.25) is 4.79 Å². The van der Waals surface area contributed by atoms with Crippen molar-refractivity contribution in [2.45, 2.75) is 20.0 Å². The zero-order valence-corrected chi connectivity index (χ0v) is 13.9. The van der Waals surface area contributed by atoms with Crippen LogP contribution in [-0.4, -0.2) is 32.6 Å². The summed E-state index contributed by atoms with van der Waals surface area (Å²) in [7, 11) is 0. The molecule has 0 spiro atoms. The Hall–Kier alpha value is -2.74. The van der Waals surface area contributed by atoms with E-state index in [1.54, 1.807) is 17.8 Å². The fraction of sp³-hybridized carbons (Fsp3) is 0.250. The lowest BCUT2D eigenvalue weighted by molar-refractivity contribution is -0.142. The van der Waals surface area contributed by atoms with Gasteiger partial charge in [-0.15, -0.1) is 16.4 Å². The van der Waals surface area contributed by atoms with Crippen molar-refractivity contribution < 1.29 is 14.3 Å². The average molecular weight is 344 g/mol. The van der Waals surface area contributed by atoms with Crippen molar-refractivity contribution in [3.63, 3.8) is 0 Å². The first-order valence-electron chi connectivity index (χ1n) is 7.44. The monoisotopic (exact) mass is 344 g/mol. The molecule has 0 aliphatic carbocycles. The van der Waals surface area contributed by atoms with Gasteiger partial charge in [-0.25, -0.2) is 4.98 Å². The predicted octanol–water partition coefficient (Wildman–Crippen LogP) is 2.41. The fourth-order valence-electron chi connectivity index (χ4n) is 1.97. The summed E-state index contributed by atoms with van der Waals surface area (Å²) in [4.78, 5) is 15.8. The Bertz CT molecular complexity index is 801. The molecule has 1 aromatic carbocycles. The van der Waals surface area contributed by atoms with Crippen molar-refractivity contribution in [1.82, 2.24) is 20.0 Å². The first-order chi connectivity index (χ1) is 11.7. The molecule has 0 saturated carbocycles. The summed E-state index contributed by atoms with van der Waals surface area (Å²) in [5.74, 6) is 0.489. The first kappa shape index (κ1) is 16.1. The molecule has 7 nitrogen and oxygen atoms in total. The molecule has 0 aliphatic heterocycles. The van der Waals surface area contributed by atoms with Crippen LogP contribution in [-0.2, 0) is 22.6 Å². The molecular weight excluding hydrogens is 328 g/mol. The highest BCUT2D eigenvalue weighted by atomic mass is 32.1. The molecule has 0 saturated heterocycles. The highest BCUT2D eigenvalue weighted by Gasteiger charge is 2.11. The van der Waals surface area contributed by atoms with Crippen LogP contribution < -0.4 is 4.74 Å². The molecule has 0 radical (unpaired) electrons. The van der Waals surface area contributed by atoms with Crippen LogP contribution >= 0.6 is 11.3 Å². The van der Waals surface area contributed by atoms with Crippen molar-refractivity contribution in [3.8, 4) is 10.9 Å². The van der Waals surface area contributed by atoms with Gasteiger partial charge in [0, 0.05) is 5.38 Å². The van der Waals surface area contributed by atoms with Gasteiger partial charge in [0.2, 0.25) is 5.13 Å². The number of carbonyl (C=O) groups excluding carboxylic acids is 1. The van der Waals surface area contributed by atoms with Gasteiger partial charge in [0.25, 0.3) is 0 Å². The maximum atomic E-state index is 11.5. The van der Waals surface area contributed by atoms with E-state index in [9.17, 15) is 4.79 Å². The SMILES string of the molecule is CCOC(=O)Cc1csc(-n2cc(COc3ccccc3)nn2)n1. The summed E-state index contributed by atoms with van der Waals surface area (Å²) >= 11 is 1.39. The minimum Gasteiger partial charge on any atom is -0.487 e. The van der Waals surface area contributed by atoms with Crippen molar-refractivity contribution >= 4 is 17.3 Å². The Balaban J connectivity index is 1.61. The molecule has 124 valence electrons. The van der Waals surface area contributed by atoms with E-state index in [0.29, 0.717) is 29.7 Å². The summed E-state index contributed by atoms with van der Waals surface area (Å²) < 4.78 is 12.1. The van der Waals surface area contributed by atoms with Crippen molar-refractivity contribution in [2.75, 3.05) is 6.61 Å². The number of nitrogens with zero attached hydrogens (tertiary/aromatic N) is 4. The second-order valence-corrected chi connectivity index (χ2v) is 5.70. The Labute approximate surface area is 142 Å². The molecule has 2 aromatic heterocycles. The molecule has 0 bridgehead atoms. The van der Waals surface area contributed by atoms with Gasteiger partial charge in [0.15, 0.2) is 0 Å². The van der Waals surface area contributed by atoms with E-state index in [0.717, 1.165) is 5.75 Å². The largest absolute Gasteiger partial charge is 0.487 e. The number of benzene rings is 1. The normalized spacial score (nSPS) is 10.5. The second kappa shape index (κ2) is 7.69. The Morgan fingerprint density at radius 2 is 2.08 bits per heavy atom. The van der Waals surface area contributed by atoms with Crippen LogP contribution in [0.1, 0.15) is 18.3 Å². The van der Waals surface area contributed by atoms with Crippen molar-refractivity contribution in [1.29, 1.82) is 0 Å². The third kappa shape index (κ3) is 4.17. The molecular formula is C16H16N4O3S. The molecule has 3 rings (SSSR count). The van der Waals surface area contributed by atoms with E-state index in [4.69, 9.17) is 9.47 Å². The predicted molar refractivity (Wildman–Crippen MR) is 88.1 cm³/mol. The van der Waals surface area contributed by atoms with E-state index < -0.39 is 0 Å². The topological polar surface area (TPSA) is 79.1 Å². The second-order valence-electron chi connectivity index (χ2n) is 4.86. The van der Waals surface area contributed by atoms with Crippen LogP contribution in [0.3, 0.4) is 0 Å². The van der Waals surface area contributed by atoms with Crippen LogP contribution in [0.15, 0.2) is 41.9 Å². The summed E-state index contributed by atoms with van der Waals surface area (Å²) in [5.41, 5.74) is 1.35. The maximum absolute atomic E-state index is 11.5. The number of ether oxygens (including phenoxy) is 2. The molecule has 0 atom stereocenters. The van der Waals surface area contributed by atoms with E-state index in [-0.39, 0.29) is 12.4 Å². The molecule has 2 heterocycles. The lowest BCUT2D eigenvalue weighted by Crippen LogP contribution is -2.07. The summed E-state index contributed by atoms with van der Waals surface area (Å²) in [6.45, 7) is 2.47. The molecule has 0 unspecified atom stereocenters. The average Bonchev–Trinajstić information content (AvgIpc) is 3.23. The van der Waals surface area contributed by atoms with Gasteiger partial charge in [-0.05, 0) is 19.1 Å². The Morgan fingerprint density at radius 1 is 1.25 bits per heavy atom.